The zero-order chi connectivity index (χ0) is 26.9. The van der Waals surface area contributed by atoms with Crippen molar-refractivity contribution >= 4 is 43.7 Å². The molecule has 0 saturated carbocycles. The highest BCUT2D eigenvalue weighted by Gasteiger charge is 2.19. The van der Waals surface area contributed by atoms with Crippen LogP contribution in [0.3, 0.4) is 0 Å². The molecule has 1 aliphatic rings. The maximum atomic E-state index is 6.21. The molecule has 6 aromatic carbocycles. The van der Waals surface area contributed by atoms with Crippen LogP contribution in [0, 0.1) is 0 Å². The molecule has 9 rings (SSSR count). The van der Waals surface area contributed by atoms with E-state index in [2.05, 4.69) is 120 Å². The molecule has 3 heterocycles. The van der Waals surface area contributed by atoms with Crippen LogP contribution in [-0.4, -0.2) is 4.57 Å². The van der Waals surface area contributed by atoms with Crippen LogP contribution in [0.1, 0.15) is 11.1 Å². The summed E-state index contributed by atoms with van der Waals surface area (Å²) in [5.41, 5.74) is 12.7. The molecule has 0 N–H and O–H groups in total. The van der Waals surface area contributed by atoms with Crippen LogP contribution in [-0.2, 0) is 18.0 Å². The van der Waals surface area contributed by atoms with Crippen molar-refractivity contribution in [3.05, 3.63) is 139 Å². The van der Waals surface area contributed by atoms with Crippen molar-refractivity contribution in [1.82, 2.24) is 4.57 Å². The summed E-state index contributed by atoms with van der Waals surface area (Å²) in [5, 5.41) is 4.83. The van der Waals surface area contributed by atoms with E-state index in [0.717, 1.165) is 27.6 Å². The summed E-state index contributed by atoms with van der Waals surface area (Å²) in [6.45, 7) is 1.18. The third-order valence-electron chi connectivity index (χ3n) is 8.55. The van der Waals surface area contributed by atoms with Crippen molar-refractivity contribution in [2.75, 3.05) is 0 Å². The normalized spacial score (nSPS) is 13.1. The lowest BCUT2D eigenvalue weighted by Crippen LogP contribution is -1.97. The average molecular weight is 528 g/mol. The smallest absolute Gasteiger partial charge is 0.135 e. The van der Waals surface area contributed by atoms with Gasteiger partial charge >= 0.3 is 0 Å². The highest BCUT2D eigenvalue weighted by Crippen LogP contribution is 2.39. The number of furan rings is 1. The van der Waals surface area contributed by atoms with Crippen LogP contribution >= 0.6 is 0 Å². The zero-order valence-electron chi connectivity index (χ0n) is 22.3. The number of hydrogen-bond acceptors (Lipinski definition) is 2. The van der Waals surface area contributed by atoms with Crippen LogP contribution in [0.25, 0.3) is 71.7 Å². The maximum Gasteiger partial charge on any atom is 0.135 e. The number of aromatic nitrogens is 1. The van der Waals surface area contributed by atoms with Gasteiger partial charge in [-0.2, -0.15) is 0 Å². The van der Waals surface area contributed by atoms with Crippen LogP contribution in [0.2, 0.25) is 0 Å². The minimum Gasteiger partial charge on any atom is -0.456 e. The van der Waals surface area contributed by atoms with E-state index in [1.165, 1.54) is 55.2 Å². The molecular formula is C38H25NO2. The highest BCUT2D eigenvalue weighted by molar-refractivity contribution is 6.09. The van der Waals surface area contributed by atoms with E-state index in [4.69, 9.17) is 9.15 Å². The molecule has 0 aliphatic carbocycles. The Morgan fingerprint density at radius 3 is 1.95 bits per heavy atom. The van der Waals surface area contributed by atoms with E-state index in [1.807, 2.05) is 12.1 Å². The second kappa shape index (κ2) is 8.69. The quantitative estimate of drug-likeness (QED) is 0.224. The van der Waals surface area contributed by atoms with E-state index < -0.39 is 0 Å². The SMILES string of the molecule is c1ccc2c(c1)oc1ccc(-c3ccc4c(c3)-c3ccc(-n5c6ccccc6c6ccccc65)cc3COC4)cc12. The third-order valence-corrected chi connectivity index (χ3v) is 8.55. The topological polar surface area (TPSA) is 27.3 Å². The predicted molar refractivity (Wildman–Crippen MR) is 167 cm³/mol. The molecule has 3 nitrogen and oxygen atoms in total. The van der Waals surface area contributed by atoms with Gasteiger partial charge in [-0.3, -0.25) is 0 Å². The number of para-hydroxylation sites is 3. The van der Waals surface area contributed by atoms with Crippen LogP contribution < -0.4 is 0 Å². The van der Waals surface area contributed by atoms with Gasteiger partial charge in [0.05, 0.1) is 24.2 Å². The molecule has 8 aromatic rings. The lowest BCUT2D eigenvalue weighted by molar-refractivity contribution is 0.110. The zero-order valence-corrected chi connectivity index (χ0v) is 22.3. The van der Waals surface area contributed by atoms with Gasteiger partial charge in [0.25, 0.3) is 0 Å². The van der Waals surface area contributed by atoms with Crippen LogP contribution in [0.5, 0.6) is 0 Å². The van der Waals surface area contributed by atoms with Crippen LogP contribution in [0.4, 0.5) is 0 Å². The van der Waals surface area contributed by atoms with Crippen molar-refractivity contribution < 1.29 is 9.15 Å². The Bertz CT molecular complexity index is 2250. The van der Waals surface area contributed by atoms with Gasteiger partial charge in [-0.05, 0) is 81.9 Å². The molecule has 0 radical (unpaired) electrons. The first-order valence-corrected chi connectivity index (χ1v) is 14.1. The summed E-state index contributed by atoms with van der Waals surface area (Å²) in [7, 11) is 0. The van der Waals surface area contributed by atoms with Crippen LogP contribution in [0.15, 0.2) is 132 Å². The standard InChI is InChI=1S/C38H25NO2/c1-4-10-35-30(7-1)31-8-2-5-11-36(31)39(35)28-16-17-29-27(19-28)23-40-22-26-14-13-24(20-33(26)29)25-15-18-38-34(21-25)32-9-3-6-12-37(32)41-38/h1-21H,22-23H2. The monoisotopic (exact) mass is 527 g/mol. The first-order valence-electron chi connectivity index (χ1n) is 14.1. The second-order valence-corrected chi connectivity index (χ2v) is 10.9. The molecule has 41 heavy (non-hydrogen) atoms. The maximum absolute atomic E-state index is 6.21. The Balaban J connectivity index is 1.19. The number of fused-ring (bicyclic) bond motifs is 9. The van der Waals surface area contributed by atoms with E-state index in [-0.39, 0.29) is 0 Å². The molecule has 0 atom stereocenters. The number of benzene rings is 6. The van der Waals surface area contributed by atoms with Gasteiger partial charge in [0.2, 0.25) is 0 Å². The summed E-state index contributed by atoms with van der Waals surface area (Å²) in [4.78, 5) is 0. The number of nitrogens with zero attached hydrogens (tertiary/aromatic N) is 1. The number of rotatable bonds is 2. The molecule has 0 amide bonds. The largest absolute Gasteiger partial charge is 0.456 e. The summed E-state index contributed by atoms with van der Waals surface area (Å²) in [5.74, 6) is 0. The summed E-state index contributed by atoms with van der Waals surface area (Å²) >= 11 is 0. The van der Waals surface area contributed by atoms with Gasteiger partial charge in [-0.15, -0.1) is 0 Å². The first kappa shape index (κ1) is 22.7. The molecule has 2 aromatic heterocycles. The number of ether oxygens (including phenoxy) is 1. The van der Waals surface area contributed by atoms with Gasteiger partial charge in [0.15, 0.2) is 0 Å². The minimum absolute atomic E-state index is 0.581. The molecule has 0 bridgehead atoms. The second-order valence-electron chi connectivity index (χ2n) is 10.9. The van der Waals surface area contributed by atoms with Gasteiger partial charge < -0.3 is 13.7 Å². The van der Waals surface area contributed by atoms with E-state index >= 15 is 0 Å². The fourth-order valence-corrected chi connectivity index (χ4v) is 6.61. The highest BCUT2D eigenvalue weighted by atomic mass is 16.5. The average Bonchev–Trinajstić information content (AvgIpc) is 3.50. The predicted octanol–water partition coefficient (Wildman–Crippen LogP) is 10.0. The molecule has 3 heteroatoms. The van der Waals surface area contributed by atoms with E-state index in [1.54, 1.807) is 0 Å². The summed E-state index contributed by atoms with van der Waals surface area (Å²) in [6, 6.07) is 45.6. The van der Waals surface area contributed by atoms with Crippen molar-refractivity contribution in [3.63, 3.8) is 0 Å². The lowest BCUT2D eigenvalue weighted by Gasteiger charge is -2.14. The fourth-order valence-electron chi connectivity index (χ4n) is 6.61. The summed E-state index contributed by atoms with van der Waals surface area (Å²) < 4.78 is 14.7. The van der Waals surface area contributed by atoms with Gasteiger partial charge in [0.1, 0.15) is 11.2 Å². The van der Waals surface area contributed by atoms with Gasteiger partial charge in [-0.1, -0.05) is 78.9 Å². The lowest BCUT2D eigenvalue weighted by atomic mass is 9.92. The van der Waals surface area contributed by atoms with Gasteiger partial charge in [0, 0.05) is 27.2 Å². The van der Waals surface area contributed by atoms with E-state index in [0.29, 0.717) is 13.2 Å². The Morgan fingerprint density at radius 2 is 1.12 bits per heavy atom. The first-order chi connectivity index (χ1) is 20.3. The molecule has 0 saturated heterocycles. The third kappa shape index (κ3) is 3.43. The van der Waals surface area contributed by atoms with Gasteiger partial charge in [-0.25, -0.2) is 0 Å². The Hall–Kier alpha value is -5.12. The summed E-state index contributed by atoms with van der Waals surface area (Å²) in [6.07, 6.45) is 0. The van der Waals surface area contributed by atoms with Crippen molar-refractivity contribution in [1.29, 1.82) is 0 Å². The molecule has 0 fully saturated rings. The fraction of sp³-hybridized carbons (Fsp3) is 0.0526. The van der Waals surface area contributed by atoms with E-state index in [9.17, 15) is 0 Å². The minimum atomic E-state index is 0.581. The van der Waals surface area contributed by atoms with Crippen molar-refractivity contribution in [2.24, 2.45) is 0 Å². The molecule has 0 spiro atoms. The Morgan fingerprint density at radius 1 is 0.463 bits per heavy atom. The molecular weight excluding hydrogens is 502 g/mol. The Kier molecular flexibility index (Phi) is 4.80. The molecule has 1 aliphatic heterocycles. The van der Waals surface area contributed by atoms with Crippen molar-refractivity contribution in [3.8, 4) is 27.9 Å². The molecule has 0 unspecified atom stereocenters. The Labute approximate surface area is 236 Å². The number of hydrogen-bond donors (Lipinski definition) is 0. The molecule has 194 valence electrons. The van der Waals surface area contributed by atoms with Crippen molar-refractivity contribution in [2.45, 2.75) is 13.2 Å².